The molecule has 2 heterocycles. The third-order valence-electron chi connectivity index (χ3n) is 4.92. The average molecular weight is 413 g/mol. The minimum Gasteiger partial charge on any atom is -0.459 e. The van der Waals surface area contributed by atoms with E-state index in [-0.39, 0.29) is 28.8 Å². The topological polar surface area (TPSA) is 62.6 Å². The number of fused-ring (bicyclic) bond motifs is 1. The Hall–Kier alpha value is -3.12. The van der Waals surface area contributed by atoms with E-state index in [1.54, 1.807) is 23.1 Å². The molecule has 0 saturated carbocycles. The molecule has 5 nitrogen and oxygen atoms in total. The molecule has 148 valence electrons. The first kappa shape index (κ1) is 19.2. The van der Waals surface area contributed by atoms with Crippen LogP contribution in [0.1, 0.15) is 27.2 Å². The molecular formula is C22H18ClFN2O3. The number of furan rings is 1. The summed E-state index contributed by atoms with van der Waals surface area (Å²) in [4.78, 5) is 26.6. The Morgan fingerprint density at radius 1 is 1.14 bits per heavy atom. The van der Waals surface area contributed by atoms with Gasteiger partial charge in [0.1, 0.15) is 5.82 Å². The molecule has 0 radical (unpaired) electrons. The summed E-state index contributed by atoms with van der Waals surface area (Å²) in [6.45, 7) is 1.03. The van der Waals surface area contributed by atoms with Gasteiger partial charge in [-0.25, -0.2) is 4.39 Å². The molecule has 0 aliphatic carbocycles. The van der Waals surface area contributed by atoms with Crippen molar-refractivity contribution in [1.29, 1.82) is 0 Å². The van der Waals surface area contributed by atoms with Crippen LogP contribution in [0.5, 0.6) is 0 Å². The van der Waals surface area contributed by atoms with E-state index in [0.717, 1.165) is 17.5 Å². The molecule has 1 aliphatic rings. The molecule has 2 amide bonds. The summed E-state index contributed by atoms with van der Waals surface area (Å²) in [6, 6.07) is 13.2. The van der Waals surface area contributed by atoms with Crippen LogP contribution < -0.4 is 5.32 Å². The summed E-state index contributed by atoms with van der Waals surface area (Å²) in [5.41, 5.74) is 2.84. The molecule has 29 heavy (non-hydrogen) atoms. The van der Waals surface area contributed by atoms with Gasteiger partial charge in [0.2, 0.25) is 5.91 Å². The highest BCUT2D eigenvalue weighted by Gasteiger charge is 2.23. The van der Waals surface area contributed by atoms with Crippen molar-refractivity contribution in [2.45, 2.75) is 19.4 Å². The van der Waals surface area contributed by atoms with E-state index in [1.807, 2.05) is 18.2 Å². The summed E-state index contributed by atoms with van der Waals surface area (Å²) in [6.07, 6.45) is 2.03. The summed E-state index contributed by atoms with van der Waals surface area (Å²) in [5.74, 6) is -0.731. The lowest BCUT2D eigenvalue weighted by Gasteiger charge is -2.28. The number of amides is 2. The van der Waals surface area contributed by atoms with Gasteiger partial charge in [0.05, 0.1) is 12.7 Å². The Bertz CT molecular complexity index is 1050. The number of halogens is 2. The van der Waals surface area contributed by atoms with Crippen molar-refractivity contribution < 1.29 is 18.4 Å². The monoisotopic (exact) mass is 412 g/mol. The largest absolute Gasteiger partial charge is 0.459 e. The van der Waals surface area contributed by atoms with Gasteiger partial charge < -0.3 is 14.6 Å². The molecule has 0 spiro atoms. The van der Waals surface area contributed by atoms with E-state index in [0.29, 0.717) is 24.5 Å². The molecular weight excluding hydrogens is 395 g/mol. The van der Waals surface area contributed by atoms with Crippen molar-refractivity contribution in [3.05, 3.63) is 88.1 Å². The SMILES string of the molecule is O=C(Cc1c(F)cccc1Cl)Nc1ccc2c(c1)CN(C(=O)c1ccco1)CC2. The maximum Gasteiger partial charge on any atom is 0.289 e. The second-order valence-corrected chi connectivity index (χ2v) is 7.27. The molecule has 0 fully saturated rings. The van der Waals surface area contributed by atoms with E-state index in [2.05, 4.69) is 5.32 Å². The number of nitrogens with one attached hydrogen (secondary N) is 1. The molecule has 4 rings (SSSR count). The first-order valence-corrected chi connectivity index (χ1v) is 9.56. The minimum absolute atomic E-state index is 0.161. The van der Waals surface area contributed by atoms with Crippen molar-refractivity contribution in [3.8, 4) is 0 Å². The zero-order chi connectivity index (χ0) is 20.4. The number of carbonyl (C=O) groups is 2. The van der Waals surface area contributed by atoms with Crippen LogP contribution in [0, 0.1) is 5.82 Å². The fourth-order valence-electron chi connectivity index (χ4n) is 3.43. The maximum absolute atomic E-state index is 13.9. The van der Waals surface area contributed by atoms with Crippen LogP contribution in [0.3, 0.4) is 0 Å². The number of benzene rings is 2. The van der Waals surface area contributed by atoms with E-state index in [4.69, 9.17) is 16.0 Å². The van der Waals surface area contributed by atoms with Gasteiger partial charge in [0.25, 0.3) is 5.91 Å². The summed E-state index contributed by atoms with van der Waals surface area (Å²) in [5, 5.41) is 3.00. The molecule has 3 aromatic rings. The maximum atomic E-state index is 13.9. The van der Waals surface area contributed by atoms with Gasteiger partial charge in [0.15, 0.2) is 5.76 Å². The Morgan fingerprint density at radius 2 is 2.00 bits per heavy atom. The van der Waals surface area contributed by atoms with Gasteiger partial charge in [-0.3, -0.25) is 9.59 Å². The number of rotatable bonds is 4. The number of carbonyl (C=O) groups excluding carboxylic acids is 2. The molecule has 1 aliphatic heterocycles. The molecule has 1 N–H and O–H groups in total. The van der Waals surface area contributed by atoms with Crippen LogP contribution >= 0.6 is 11.6 Å². The second kappa shape index (κ2) is 8.09. The average Bonchev–Trinajstić information content (AvgIpc) is 3.24. The number of hydrogen-bond acceptors (Lipinski definition) is 3. The highest BCUT2D eigenvalue weighted by atomic mass is 35.5. The summed E-state index contributed by atoms with van der Waals surface area (Å²) >= 11 is 5.99. The standard InChI is InChI=1S/C22H18ClFN2O3/c23-18-3-1-4-19(24)17(18)12-21(27)25-16-7-6-14-8-9-26(13-15(14)11-16)22(28)20-5-2-10-29-20/h1-7,10-11H,8-9,12-13H2,(H,25,27). The molecule has 2 aromatic carbocycles. The second-order valence-electron chi connectivity index (χ2n) is 6.86. The van der Waals surface area contributed by atoms with Gasteiger partial charge in [-0.2, -0.15) is 0 Å². The van der Waals surface area contributed by atoms with Crippen molar-refractivity contribution in [2.24, 2.45) is 0 Å². The van der Waals surface area contributed by atoms with Gasteiger partial charge in [-0.1, -0.05) is 23.7 Å². The normalized spacial score (nSPS) is 13.1. The van der Waals surface area contributed by atoms with Crippen molar-refractivity contribution >= 4 is 29.1 Å². The Kier molecular flexibility index (Phi) is 5.36. The predicted molar refractivity (Wildman–Crippen MR) is 107 cm³/mol. The van der Waals surface area contributed by atoms with Crippen molar-refractivity contribution in [3.63, 3.8) is 0 Å². The van der Waals surface area contributed by atoms with Crippen LogP contribution in [0.2, 0.25) is 5.02 Å². The Balaban J connectivity index is 1.46. The lowest BCUT2D eigenvalue weighted by molar-refractivity contribution is -0.115. The Labute approximate surface area is 172 Å². The van der Waals surface area contributed by atoms with Crippen LogP contribution in [0.25, 0.3) is 0 Å². The fraction of sp³-hybridized carbons (Fsp3) is 0.182. The predicted octanol–water partition coefficient (Wildman–Crippen LogP) is 4.45. The molecule has 0 unspecified atom stereocenters. The third kappa shape index (κ3) is 4.17. The van der Waals surface area contributed by atoms with Gasteiger partial charge in [-0.15, -0.1) is 0 Å². The summed E-state index contributed by atoms with van der Waals surface area (Å²) in [7, 11) is 0. The van der Waals surface area contributed by atoms with Crippen LogP contribution in [0.4, 0.5) is 10.1 Å². The lowest BCUT2D eigenvalue weighted by atomic mass is 9.98. The summed E-state index contributed by atoms with van der Waals surface area (Å²) < 4.78 is 19.1. The number of hydrogen-bond donors (Lipinski definition) is 1. The molecule has 7 heteroatoms. The molecule has 1 aromatic heterocycles. The molecule has 0 bridgehead atoms. The lowest BCUT2D eigenvalue weighted by Crippen LogP contribution is -2.35. The van der Waals surface area contributed by atoms with Crippen molar-refractivity contribution in [2.75, 3.05) is 11.9 Å². The van der Waals surface area contributed by atoms with Crippen LogP contribution in [-0.4, -0.2) is 23.3 Å². The quantitative estimate of drug-likeness (QED) is 0.688. The van der Waals surface area contributed by atoms with Crippen LogP contribution in [0.15, 0.2) is 59.2 Å². The molecule has 0 saturated heterocycles. The van der Waals surface area contributed by atoms with E-state index in [9.17, 15) is 14.0 Å². The van der Waals surface area contributed by atoms with E-state index in [1.165, 1.54) is 18.4 Å². The van der Waals surface area contributed by atoms with Crippen molar-refractivity contribution in [1.82, 2.24) is 4.90 Å². The number of anilines is 1. The smallest absolute Gasteiger partial charge is 0.289 e. The fourth-order valence-corrected chi connectivity index (χ4v) is 3.66. The molecule has 0 atom stereocenters. The first-order chi connectivity index (χ1) is 14.0. The Morgan fingerprint density at radius 3 is 2.76 bits per heavy atom. The highest BCUT2D eigenvalue weighted by Crippen LogP contribution is 2.25. The minimum atomic E-state index is -0.509. The third-order valence-corrected chi connectivity index (χ3v) is 5.27. The highest BCUT2D eigenvalue weighted by molar-refractivity contribution is 6.31. The zero-order valence-corrected chi connectivity index (χ0v) is 16.2. The van der Waals surface area contributed by atoms with Gasteiger partial charge in [0, 0.05) is 29.4 Å². The van der Waals surface area contributed by atoms with E-state index < -0.39 is 5.82 Å². The van der Waals surface area contributed by atoms with Crippen LogP contribution in [-0.2, 0) is 24.2 Å². The van der Waals surface area contributed by atoms with Gasteiger partial charge >= 0.3 is 0 Å². The zero-order valence-electron chi connectivity index (χ0n) is 15.5. The number of nitrogens with zero attached hydrogens (tertiary/aromatic N) is 1. The van der Waals surface area contributed by atoms with E-state index >= 15 is 0 Å². The van der Waals surface area contributed by atoms with Gasteiger partial charge in [-0.05, 0) is 53.9 Å². The first-order valence-electron chi connectivity index (χ1n) is 9.18.